The second-order valence-corrected chi connectivity index (χ2v) is 2.41. The fourth-order valence-electron chi connectivity index (χ4n) is 0.667. The molecular weight excluding hydrogens is 144 g/mol. The maximum atomic E-state index is 7.01. The fourth-order valence-corrected chi connectivity index (χ4v) is 0.815. The van der Waals surface area contributed by atoms with E-state index in [2.05, 4.69) is 17.2 Å². The van der Waals surface area contributed by atoms with Crippen LogP contribution in [0.5, 0.6) is 0 Å². The molecule has 0 amide bonds. The van der Waals surface area contributed by atoms with Crippen LogP contribution in [0.25, 0.3) is 0 Å². The molecule has 0 aliphatic carbocycles. The first kappa shape index (κ1) is 7.15. The summed E-state index contributed by atoms with van der Waals surface area (Å²) in [6, 6.07) is 5.60. The van der Waals surface area contributed by atoms with Gasteiger partial charge in [-0.15, -0.1) is 0 Å². The Morgan fingerprint density at radius 2 is 2.40 bits per heavy atom. The Bertz CT molecular complexity index is 220. The molecule has 10 heavy (non-hydrogen) atoms. The molecule has 0 fully saturated rings. The maximum absolute atomic E-state index is 7.01. The van der Waals surface area contributed by atoms with Crippen molar-refractivity contribution in [2.24, 2.45) is 0 Å². The van der Waals surface area contributed by atoms with Gasteiger partial charge in [-0.1, -0.05) is 18.3 Å². The van der Waals surface area contributed by atoms with Crippen LogP contribution in [-0.4, -0.2) is 9.97 Å². The quantitative estimate of drug-likeness (QED) is 0.596. The third-order valence-electron chi connectivity index (χ3n) is 1.07. The molecule has 0 unspecified atom stereocenters. The van der Waals surface area contributed by atoms with Crippen LogP contribution < -0.4 is 5.73 Å². The topological polar surface area (TPSA) is 36.7 Å². The Labute approximate surface area is 65.1 Å². The molecule has 0 atom stereocenters. The number of rotatable bonds is 2. The molecule has 1 N–H and O–H groups in total. The Morgan fingerprint density at radius 1 is 1.60 bits per heavy atom. The van der Waals surface area contributed by atoms with Gasteiger partial charge in [0.1, 0.15) is 0 Å². The molecular formula is C7H7N2S. The van der Waals surface area contributed by atoms with Gasteiger partial charge in [-0.25, -0.2) is 0 Å². The van der Waals surface area contributed by atoms with Crippen molar-refractivity contribution < 1.29 is 0 Å². The summed E-state index contributed by atoms with van der Waals surface area (Å²) in [4.78, 5) is 4.25. The number of nitrogens with one attached hydrogen (secondary N) is 1. The van der Waals surface area contributed by atoms with E-state index in [1.54, 1.807) is 6.20 Å². The van der Waals surface area contributed by atoms with Crippen LogP contribution in [-0.2, 0) is 6.42 Å². The number of aromatic nitrogens is 1. The normalized spacial score (nSPS) is 9.20. The van der Waals surface area contributed by atoms with E-state index < -0.39 is 0 Å². The van der Waals surface area contributed by atoms with E-state index >= 15 is 0 Å². The summed E-state index contributed by atoms with van der Waals surface area (Å²) in [5.41, 5.74) is 7.87. The van der Waals surface area contributed by atoms with Crippen molar-refractivity contribution in [2.75, 3.05) is 0 Å². The van der Waals surface area contributed by atoms with Crippen LogP contribution in [0.1, 0.15) is 5.69 Å². The van der Waals surface area contributed by atoms with E-state index in [4.69, 9.17) is 5.73 Å². The molecule has 0 bridgehead atoms. The molecule has 3 heteroatoms. The van der Waals surface area contributed by atoms with Gasteiger partial charge in [-0.05, 0) is 12.1 Å². The van der Waals surface area contributed by atoms with Crippen LogP contribution in [0.2, 0.25) is 0 Å². The number of pyridine rings is 1. The van der Waals surface area contributed by atoms with Gasteiger partial charge in [0, 0.05) is 18.3 Å². The second-order valence-electron chi connectivity index (χ2n) is 1.92. The molecule has 1 rings (SSSR count). The summed E-state index contributed by atoms with van der Waals surface area (Å²) in [5.74, 6) is 0. The molecule has 0 spiro atoms. The molecule has 0 aliphatic rings. The van der Waals surface area contributed by atoms with Crippen LogP contribution in [0.4, 0.5) is 0 Å². The molecule has 1 radical (unpaired) electrons. The van der Waals surface area contributed by atoms with Gasteiger partial charge in [-0.3, -0.25) is 10.7 Å². The van der Waals surface area contributed by atoms with E-state index in [0.717, 1.165) is 5.69 Å². The van der Waals surface area contributed by atoms with Crippen molar-refractivity contribution in [1.29, 1.82) is 0 Å². The summed E-state index contributed by atoms with van der Waals surface area (Å²) >= 11 is 4.60. The summed E-state index contributed by atoms with van der Waals surface area (Å²) in [5, 5.41) is 0. The highest BCUT2D eigenvalue weighted by atomic mass is 32.1. The minimum absolute atomic E-state index is 0.235. The molecule has 0 aromatic carbocycles. The van der Waals surface area contributed by atoms with Gasteiger partial charge in [-0.2, -0.15) is 0 Å². The lowest BCUT2D eigenvalue weighted by molar-refractivity contribution is 1.14. The first-order chi connectivity index (χ1) is 4.79. The van der Waals surface area contributed by atoms with Crippen molar-refractivity contribution in [1.82, 2.24) is 10.7 Å². The molecule has 2 nitrogen and oxygen atoms in total. The number of hydrogen-bond donors (Lipinski definition) is 0. The zero-order valence-corrected chi connectivity index (χ0v) is 6.19. The summed E-state index contributed by atoms with van der Waals surface area (Å²) in [6.07, 6.45) is 2.18. The minimum atomic E-state index is 0.235. The zero-order chi connectivity index (χ0) is 7.40. The van der Waals surface area contributed by atoms with Crippen LogP contribution in [0.3, 0.4) is 0 Å². The molecule has 0 saturated heterocycles. The largest absolute Gasteiger partial charge is 0.293 e. The van der Waals surface area contributed by atoms with Crippen molar-refractivity contribution in [2.45, 2.75) is 6.42 Å². The van der Waals surface area contributed by atoms with Crippen molar-refractivity contribution in [3.63, 3.8) is 0 Å². The highest BCUT2D eigenvalue weighted by Crippen LogP contribution is 1.94. The third kappa shape index (κ3) is 2.11. The maximum Gasteiger partial charge on any atom is 0.0999 e. The van der Waals surface area contributed by atoms with E-state index in [9.17, 15) is 0 Å². The summed E-state index contributed by atoms with van der Waals surface area (Å²) in [6.45, 7) is 0. The van der Waals surface area contributed by atoms with Gasteiger partial charge in [0.2, 0.25) is 0 Å². The minimum Gasteiger partial charge on any atom is -0.293 e. The Hall–Kier alpha value is -0.960. The average molecular weight is 151 g/mol. The lowest BCUT2D eigenvalue weighted by Crippen LogP contribution is -2.00. The lowest BCUT2D eigenvalue weighted by atomic mass is 10.3. The smallest absolute Gasteiger partial charge is 0.0999 e. The number of thiocarbonyl (C=S) groups is 1. The zero-order valence-electron chi connectivity index (χ0n) is 5.37. The predicted octanol–water partition coefficient (Wildman–Crippen LogP) is 1.23. The molecule has 51 valence electrons. The average Bonchev–Trinajstić information content (AvgIpc) is 1.88. The molecule has 0 saturated carbocycles. The van der Waals surface area contributed by atoms with Crippen LogP contribution in [0, 0.1) is 0 Å². The molecule has 1 aromatic rings. The SMILES string of the molecule is [NH]C(=S)Cc1ccccn1. The van der Waals surface area contributed by atoms with Crippen molar-refractivity contribution >= 4 is 17.2 Å². The van der Waals surface area contributed by atoms with E-state index in [0.29, 0.717) is 6.42 Å². The van der Waals surface area contributed by atoms with Gasteiger partial charge >= 0.3 is 0 Å². The van der Waals surface area contributed by atoms with Gasteiger partial charge in [0.05, 0.1) is 4.99 Å². The Kier molecular flexibility index (Phi) is 2.34. The Morgan fingerprint density at radius 3 is 2.90 bits per heavy atom. The lowest BCUT2D eigenvalue weighted by Gasteiger charge is -1.93. The van der Waals surface area contributed by atoms with E-state index in [-0.39, 0.29) is 4.99 Å². The highest BCUT2D eigenvalue weighted by Gasteiger charge is 1.93. The van der Waals surface area contributed by atoms with Gasteiger partial charge in [0.25, 0.3) is 0 Å². The summed E-state index contributed by atoms with van der Waals surface area (Å²) < 4.78 is 0. The van der Waals surface area contributed by atoms with Gasteiger partial charge < -0.3 is 0 Å². The van der Waals surface area contributed by atoms with Crippen molar-refractivity contribution in [3.05, 3.63) is 30.1 Å². The van der Waals surface area contributed by atoms with Gasteiger partial charge in [0.15, 0.2) is 0 Å². The number of hydrogen-bond acceptors (Lipinski definition) is 2. The highest BCUT2D eigenvalue weighted by molar-refractivity contribution is 7.80. The van der Waals surface area contributed by atoms with E-state index in [1.807, 2.05) is 18.2 Å². The van der Waals surface area contributed by atoms with E-state index in [1.165, 1.54) is 0 Å². The second kappa shape index (κ2) is 3.27. The monoisotopic (exact) mass is 151 g/mol. The van der Waals surface area contributed by atoms with Crippen molar-refractivity contribution in [3.8, 4) is 0 Å². The molecule has 1 aromatic heterocycles. The predicted molar refractivity (Wildman–Crippen MR) is 43.6 cm³/mol. The molecule has 0 aliphatic heterocycles. The number of nitrogens with zero attached hydrogens (tertiary/aromatic N) is 1. The first-order valence-electron chi connectivity index (χ1n) is 2.93. The summed E-state index contributed by atoms with van der Waals surface area (Å²) in [7, 11) is 0. The third-order valence-corrected chi connectivity index (χ3v) is 1.21. The molecule has 1 heterocycles. The van der Waals surface area contributed by atoms with Crippen LogP contribution in [0.15, 0.2) is 24.4 Å². The Balaban J connectivity index is 2.67. The standard InChI is InChI=1S/C7H7N2S/c8-7(10)5-6-3-1-2-4-9-6/h1-4,8H,5H2. The fraction of sp³-hybridized carbons (Fsp3) is 0.143. The first-order valence-corrected chi connectivity index (χ1v) is 3.34. The van der Waals surface area contributed by atoms with Crippen LogP contribution >= 0.6 is 12.2 Å².